The second kappa shape index (κ2) is 6.82. The van der Waals surface area contributed by atoms with Crippen LogP contribution in [0.5, 0.6) is 11.5 Å². The van der Waals surface area contributed by atoms with E-state index in [9.17, 15) is 4.79 Å². The number of carbonyl (C=O) groups excluding carboxylic acids is 1. The maximum atomic E-state index is 10.7. The normalized spacial score (nSPS) is 10.4. The maximum Gasteiger partial charge on any atom is 0.258 e. The smallest absolute Gasteiger partial charge is 0.258 e. The topological polar surface area (TPSA) is 100 Å². The number of primary amides is 1. The van der Waals surface area contributed by atoms with E-state index < -0.39 is 5.91 Å². The van der Waals surface area contributed by atoms with Crippen molar-refractivity contribution in [1.82, 2.24) is 10.1 Å². The summed E-state index contributed by atoms with van der Waals surface area (Å²) in [6, 6.07) is 14.3. The van der Waals surface area contributed by atoms with Gasteiger partial charge in [0, 0.05) is 11.1 Å². The summed E-state index contributed by atoms with van der Waals surface area (Å²) in [7, 11) is 1.61. The lowest BCUT2D eigenvalue weighted by atomic mass is 10.2. The summed E-state index contributed by atoms with van der Waals surface area (Å²) >= 11 is 0. The van der Waals surface area contributed by atoms with Crippen molar-refractivity contribution >= 4 is 5.91 Å². The third-order valence-electron chi connectivity index (χ3n) is 3.26. The molecule has 2 N–H and O–H groups in total. The predicted octanol–water partition coefficient (Wildman–Crippen LogP) is 2.28. The Morgan fingerprint density at radius 2 is 1.67 bits per heavy atom. The Morgan fingerprint density at radius 3 is 2.29 bits per heavy atom. The molecule has 7 heteroatoms. The fraction of sp³-hybridized carbons (Fsp3) is 0.118. The molecule has 2 aromatic carbocycles. The number of methoxy groups -OCH3 is 1. The van der Waals surface area contributed by atoms with E-state index in [0.29, 0.717) is 17.5 Å². The van der Waals surface area contributed by atoms with E-state index in [-0.39, 0.29) is 6.61 Å². The highest BCUT2D eigenvalue weighted by Gasteiger charge is 2.11. The zero-order chi connectivity index (χ0) is 16.9. The van der Waals surface area contributed by atoms with Gasteiger partial charge in [-0.15, -0.1) is 0 Å². The molecule has 1 heterocycles. The number of ether oxygens (including phenoxy) is 2. The summed E-state index contributed by atoms with van der Waals surface area (Å²) in [5.41, 5.74) is 6.60. The molecule has 0 aliphatic heterocycles. The number of hydrogen-bond acceptors (Lipinski definition) is 6. The highest BCUT2D eigenvalue weighted by Crippen LogP contribution is 2.25. The van der Waals surface area contributed by atoms with Gasteiger partial charge in [0.2, 0.25) is 5.82 Å². The molecule has 1 aromatic heterocycles. The Balaban J connectivity index is 1.76. The fourth-order valence-electron chi connectivity index (χ4n) is 2.05. The first-order chi connectivity index (χ1) is 11.7. The number of rotatable bonds is 6. The van der Waals surface area contributed by atoms with Gasteiger partial charge in [0.05, 0.1) is 7.11 Å². The minimum atomic E-state index is -0.527. The van der Waals surface area contributed by atoms with Gasteiger partial charge in [0.1, 0.15) is 11.5 Å². The van der Waals surface area contributed by atoms with E-state index in [4.69, 9.17) is 19.7 Å². The third-order valence-corrected chi connectivity index (χ3v) is 3.26. The van der Waals surface area contributed by atoms with E-state index >= 15 is 0 Å². The number of nitrogens with two attached hydrogens (primary N) is 1. The van der Waals surface area contributed by atoms with Gasteiger partial charge in [-0.05, 0) is 48.5 Å². The lowest BCUT2D eigenvalue weighted by molar-refractivity contribution is -0.119. The number of nitrogens with zero attached hydrogens (tertiary/aromatic N) is 2. The minimum absolute atomic E-state index is 0.164. The molecular weight excluding hydrogens is 310 g/mol. The van der Waals surface area contributed by atoms with Gasteiger partial charge in [0.25, 0.3) is 11.8 Å². The van der Waals surface area contributed by atoms with Gasteiger partial charge < -0.3 is 19.7 Å². The fourth-order valence-corrected chi connectivity index (χ4v) is 2.05. The van der Waals surface area contributed by atoms with Crippen LogP contribution < -0.4 is 15.2 Å². The summed E-state index contributed by atoms with van der Waals surface area (Å²) in [5, 5.41) is 3.98. The zero-order valence-corrected chi connectivity index (χ0v) is 12.9. The van der Waals surface area contributed by atoms with Gasteiger partial charge >= 0.3 is 0 Å². The van der Waals surface area contributed by atoms with Gasteiger partial charge in [-0.25, -0.2) is 0 Å². The third kappa shape index (κ3) is 3.52. The standard InChI is InChI=1S/C17H15N3O4/c1-22-13-6-4-12(5-7-13)17-19-16(20-24-17)11-2-8-14(9-3-11)23-10-15(18)21/h2-9H,10H2,1H3,(H2,18,21). The summed E-state index contributed by atoms with van der Waals surface area (Å²) in [6.45, 7) is -0.164. The molecule has 122 valence electrons. The Bertz CT molecular complexity index is 826. The molecule has 0 radical (unpaired) electrons. The molecule has 3 rings (SSSR count). The number of aromatic nitrogens is 2. The highest BCUT2D eigenvalue weighted by molar-refractivity contribution is 5.75. The molecule has 0 fully saturated rings. The van der Waals surface area contributed by atoms with Crippen LogP contribution >= 0.6 is 0 Å². The van der Waals surface area contributed by atoms with Gasteiger partial charge in [-0.3, -0.25) is 4.79 Å². The second-order valence-electron chi connectivity index (χ2n) is 4.93. The van der Waals surface area contributed by atoms with Crippen LogP contribution in [0.4, 0.5) is 0 Å². The molecule has 0 saturated heterocycles. The van der Waals surface area contributed by atoms with Crippen molar-refractivity contribution < 1.29 is 18.8 Å². The summed E-state index contributed by atoms with van der Waals surface area (Å²) in [6.07, 6.45) is 0. The molecule has 7 nitrogen and oxygen atoms in total. The van der Waals surface area contributed by atoms with Gasteiger partial charge in [0.15, 0.2) is 6.61 Å². The predicted molar refractivity (Wildman–Crippen MR) is 86.4 cm³/mol. The van der Waals surface area contributed by atoms with Gasteiger partial charge in [-0.1, -0.05) is 5.16 Å². The maximum absolute atomic E-state index is 10.7. The lowest BCUT2D eigenvalue weighted by Gasteiger charge is -2.03. The molecule has 24 heavy (non-hydrogen) atoms. The molecule has 0 aliphatic rings. The Kier molecular flexibility index (Phi) is 4.42. The van der Waals surface area contributed by atoms with Crippen molar-refractivity contribution in [3.05, 3.63) is 48.5 Å². The van der Waals surface area contributed by atoms with Crippen molar-refractivity contribution in [1.29, 1.82) is 0 Å². The first-order valence-electron chi connectivity index (χ1n) is 7.15. The van der Waals surface area contributed by atoms with Crippen molar-refractivity contribution in [3.8, 4) is 34.3 Å². The molecule has 0 spiro atoms. The zero-order valence-electron chi connectivity index (χ0n) is 12.9. The minimum Gasteiger partial charge on any atom is -0.497 e. The molecule has 0 atom stereocenters. The number of carbonyl (C=O) groups is 1. The molecule has 0 aliphatic carbocycles. The number of hydrogen-bond donors (Lipinski definition) is 1. The van der Waals surface area contributed by atoms with Crippen LogP contribution in [0.25, 0.3) is 22.8 Å². The summed E-state index contributed by atoms with van der Waals surface area (Å²) in [5.74, 6) is 1.65. The lowest BCUT2D eigenvalue weighted by Crippen LogP contribution is -2.19. The van der Waals surface area contributed by atoms with Crippen molar-refractivity contribution in [2.75, 3.05) is 13.7 Å². The van der Waals surface area contributed by atoms with Crippen molar-refractivity contribution in [2.45, 2.75) is 0 Å². The largest absolute Gasteiger partial charge is 0.497 e. The molecule has 3 aromatic rings. The highest BCUT2D eigenvalue weighted by atomic mass is 16.5. The Morgan fingerprint density at radius 1 is 1.04 bits per heavy atom. The van der Waals surface area contributed by atoms with Crippen LogP contribution in [0.1, 0.15) is 0 Å². The SMILES string of the molecule is COc1ccc(-c2nc(-c3ccc(OCC(N)=O)cc3)no2)cc1. The first-order valence-corrected chi connectivity index (χ1v) is 7.15. The van der Waals surface area contributed by atoms with Crippen LogP contribution in [-0.2, 0) is 4.79 Å². The Hall–Kier alpha value is -3.35. The number of benzene rings is 2. The van der Waals surface area contributed by atoms with Crippen LogP contribution in [0.15, 0.2) is 53.1 Å². The number of amides is 1. The van der Waals surface area contributed by atoms with E-state index in [0.717, 1.165) is 16.9 Å². The molecular formula is C17H15N3O4. The van der Waals surface area contributed by atoms with E-state index in [1.807, 2.05) is 24.3 Å². The van der Waals surface area contributed by atoms with E-state index in [1.54, 1.807) is 31.4 Å². The average Bonchev–Trinajstić information content (AvgIpc) is 3.10. The second-order valence-corrected chi connectivity index (χ2v) is 4.93. The van der Waals surface area contributed by atoms with Crippen LogP contribution in [-0.4, -0.2) is 29.8 Å². The summed E-state index contributed by atoms with van der Waals surface area (Å²) < 4.78 is 15.6. The van der Waals surface area contributed by atoms with Gasteiger partial charge in [-0.2, -0.15) is 4.98 Å². The van der Waals surface area contributed by atoms with E-state index in [1.165, 1.54) is 0 Å². The average molecular weight is 325 g/mol. The molecule has 0 unspecified atom stereocenters. The first kappa shape index (κ1) is 15.5. The van der Waals surface area contributed by atoms with E-state index in [2.05, 4.69) is 10.1 Å². The van der Waals surface area contributed by atoms with Crippen LogP contribution in [0.2, 0.25) is 0 Å². The van der Waals surface area contributed by atoms with Crippen LogP contribution in [0, 0.1) is 0 Å². The van der Waals surface area contributed by atoms with Crippen molar-refractivity contribution in [2.24, 2.45) is 5.73 Å². The quantitative estimate of drug-likeness (QED) is 0.746. The van der Waals surface area contributed by atoms with Crippen LogP contribution in [0.3, 0.4) is 0 Å². The molecule has 1 amide bonds. The molecule has 0 saturated carbocycles. The summed E-state index contributed by atoms with van der Waals surface area (Å²) in [4.78, 5) is 15.1. The van der Waals surface area contributed by atoms with Crippen molar-refractivity contribution in [3.63, 3.8) is 0 Å². The Labute approximate surface area is 138 Å². The monoisotopic (exact) mass is 325 g/mol. The molecule has 0 bridgehead atoms.